The standard InChI is InChI=1S/C20H21N3O5S/c1-10(2)17-19(24)22-15-8-11(29(4,26)27)7-13(18(15)28-17)14-9-23(3)20(25)16-12(14)5-6-21-16/h5-10,17,21H,1-4H3,(H,22,24)/t17-/m1/s1. The summed E-state index contributed by atoms with van der Waals surface area (Å²) in [5.41, 5.74) is 1.62. The predicted molar refractivity (Wildman–Crippen MR) is 110 cm³/mol. The first kappa shape index (κ1) is 19.3. The van der Waals surface area contributed by atoms with Gasteiger partial charge in [-0.3, -0.25) is 9.59 Å². The number of H-pyrrole nitrogens is 1. The molecule has 8 nitrogen and oxygen atoms in total. The minimum Gasteiger partial charge on any atom is -0.477 e. The molecule has 0 saturated heterocycles. The molecule has 2 aromatic heterocycles. The molecule has 29 heavy (non-hydrogen) atoms. The number of anilines is 1. The monoisotopic (exact) mass is 415 g/mol. The number of hydrogen-bond acceptors (Lipinski definition) is 5. The molecule has 0 aliphatic carbocycles. The van der Waals surface area contributed by atoms with E-state index in [4.69, 9.17) is 4.74 Å². The van der Waals surface area contributed by atoms with Crippen molar-refractivity contribution in [2.45, 2.75) is 24.8 Å². The number of nitrogens with zero attached hydrogens (tertiary/aromatic N) is 1. The van der Waals surface area contributed by atoms with E-state index in [-0.39, 0.29) is 22.3 Å². The molecule has 0 fully saturated rings. The fourth-order valence-corrected chi connectivity index (χ4v) is 4.21. The van der Waals surface area contributed by atoms with E-state index < -0.39 is 15.9 Å². The summed E-state index contributed by atoms with van der Waals surface area (Å²) in [6.45, 7) is 3.74. The molecule has 1 amide bonds. The fourth-order valence-electron chi connectivity index (χ4n) is 3.54. The second-order valence-electron chi connectivity index (χ2n) is 7.62. The van der Waals surface area contributed by atoms with Crippen molar-refractivity contribution in [3.05, 3.63) is 40.9 Å². The van der Waals surface area contributed by atoms with Gasteiger partial charge in [0.05, 0.1) is 10.6 Å². The molecule has 1 aromatic carbocycles. The number of ether oxygens (including phenoxy) is 1. The van der Waals surface area contributed by atoms with E-state index in [0.717, 1.165) is 6.26 Å². The van der Waals surface area contributed by atoms with Crippen LogP contribution in [0.2, 0.25) is 0 Å². The second-order valence-corrected chi connectivity index (χ2v) is 9.63. The van der Waals surface area contributed by atoms with E-state index in [0.29, 0.717) is 33.5 Å². The lowest BCUT2D eigenvalue weighted by atomic mass is 9.99. The van der Waals surface area contributed by atoms with Crippen LogP contribution in [0.5, 0.6) is 5.75 Å². The summed E-state index contributed by atoms with van der Waals surface area (Å²) in [5, 5.41) is 3.42. The van der Waals surface area contributed by atoms with Gasteiger partial charge in [0.2, 0.25) is 0 Å². The maximum atomic E-state index is 12.4. The van der Waals surface area contributed by atoms with Crippen molar-refractivity contribution >= 4 is 32.3 Å². The van der Waals surface area contributed by atoms with Crippen LogP contribution in [0.3, 0.4) is 0 Å². The van der Waals surface area contributed by atoms with E-state index >= 15 is 0 Å². The van der Waals surface area contributed by atoms with E-state index in [1.165, 1.54) is 16.7 Å². The van der Waals surface area contributed by atoms with Crippen molar-refractivity contribution in [3.8, 4) is 16.9 Å². The first-order valence-corrected chi connectivity index (χ1v) is 11.0. The Bertz CT molecular complexity index is 1320. The number of carbonyl (C=O) groups excluding carboxylic acids is 1. The zero-order valence-corrected chi connectivity index (χ0v) is 17.3. The number of hydrogen-bond donors (Lipinski definition) is 2. The largest absolute Gasteiger partial charge is 0.477 e. The van der Waals surface area contributed by atoms with Crippen LogP contribution >= 0.6 is 0 Å². The molecule has 2 N–H and O–H groups in total. The predicted octanol–water partition coefficient (Wildman–Crippen LogP) is 2.29. The summed E-state index contributed by atoms with van der Waals surface area (Å²) in [6.07, 6.45) is 3.69. The summed E-state index contributed by atoms with van der Waals surface area (Å²) in [7, 11) is -1.93. The third-order valence-electron chi connectivity index (χ3n) is 5.04. The van der Waals surface area contributed by atoms with Crippen molar-refractivity contribution in [2.75, 3.05) is 11.6 Å². The maximum Gasteiger partial charge on any atom is 0.274 e. The third kappa shape index (κ3) is 3.11. The van der Waals surface area contributed by atoms with Crippen LogP contribution in [0.15, 0.2) is 40.3 Å². The van der Waals surface area contributed by atoms with Gasteiger partial charge in [-0.2, -0.15) is 0 Å². The van der Waals surface area contributed by atoms with Crippen molar-refractivity contribution in [2.24, 2.45) is 13.0 Å². The number of aryl methyl sites for hydroxylation is 1. The van der Waals surface area contributed by atoms with E-state index in [2.05, 4.69) is 10.3 Å². The van der Waals surface area contributed by atoms with Crippen molar-refractivity contribution in [3.63, 3.8) is 0 Å². The number of carbonyl (C=O) groups is 1. The lowest BCUT2D eigenvalue weighted by Gasteiger charge is -2.30. The number of benzene rings is 1. The number of aromatic nitrogens is 2. The zero-order valence-electron chi connectivity index (χ0n) is 16.4. The van der Waals surface area contributed by atoms with E-state index in [1.807, 2.05) is 13.8 Å². The Kier molecular flexibility index (Phi) is 4.30. The molecule has 1 atom stereocenters. The Morgan fingerprint density at radius 2 is 1.90 bits per heavy atom. The van der Waals surface area contributed by atoms with Gasteiger partial charge in [0, 0.05) is 42.2 Å². The number of aromatic amines is 1. The van der Waals surface area contributed by atoms with Crippen LogP contribution in [0.4, 0.5) is 5.69 Å². The Hall–Kier alpha value is -3.07. The highest BCUT2D eigenvalue weighted by Gasteiger charge is 2.33. The van der Waals surface area contributed by atoms with Crippen molar-refractivity contribution < 1.29 is 17.9 Å². The lowest BCUT2D eigenvalue weighted by molar-refractivity contribution is -0.125. The van der Waals surface area contributed by atoms with Crippen molar-refractivity contribution in [1.82, 2.24) is 9.55 Å². The Morgan fingerprint density at radius 3 is 2.55 bits per heavy atom. The van der Waals surface area contributed by atoms with Crippen LogP contribution in [0.25, 0.3) is 22.0 Å². The van der Waals surface area contributed by atoms with Crippen LogP contribution in [-0.2, 0) is 21.7 Å². The van der Waals surface area contributed by atoms with Gasteiger partial charge >= 0.3 is 0 Å². The Morgan fingerprint density at radius 1 is 1.17 bits per heavy atom. The molecule has 0 radical (unpaired) electrons. The smallest absolute Gasteiger partial charge is 0.274 e. The number of fused-ring (bicyclic) bond motifs is 2. The van der Waals surface area contributed by atoms with Gasteiger partial charge in [-0.1, -0.05) is 13.8 Å². The summed E-state index contributed by atoms with van der Waals surface area (Å²) in [5.74, 6) is -0.0220. The van der Waals surface area contributed by atoms with Gasteiger partial charge in [0.1, 0.15) is 5.52 Å². The minimum absolute atomic E-state index is 0.0516. The molecule has 9 heteroatoms. The lowest BCUT2D eigenvalue weighted by Crippen LogP contribution is -2.40. The van der Waals surface area contributed by atoms with Gasteiger partial charge in [-0.15, -0.1) is 0 Å². The SMILES string of the molecule is CC(C)[C@H]1Oc2c(cc(S(C)(=O)=O)cc2-c2cn(C)c(=O)c3[nH]ccc23)NC1=O. The van der Waals surface area contributed by atoms with Gasteiger partial charge in [-0.05, 0) is 24.1 Å². The molecule has 0 saturated carbocycles. The molecule has 1 aliphatic rings. The molecular weight excluding hydrogens is 394 g/mol. The summed E-state index contributed by atoms with van der Waals surface area (Å²) in [4.78, 5) is 27.8. The van der Waals surface area contributed by atoms with Gasteiger partial charge in [-0.25, -0.2) is 8.42 Å². The highest BCUT2D eigenvalue weighted by molar-refractivity contribution is 7.90. The topological polar surface area (TPSA) is 110 Å². The Balaban J connectivity index is 2.08. The highest BCUT2D eigenvalue weighted by Crippen LogP contribution is 2.44. The number of pyridine rings is 1. The average molecular weight is 415 g/mol. The van der Waals surface area contributed by atoms with Crippen molar-refractivity contribution in [1.29, 1.82) is 0 Å². The fraction of sp³-hybridized carbons (Fsp3) is 0.300. The number of nitrogens with one attached hydrogen (secondary N) is 2. The number of amides is 1. The van der Waals surface area contributed by atoms with Gasteiger partial charge in [0.15, 0.2) is 21.7 Å². The zero-order chi connectivity index (χ0) is 21.1. The van der Waals surface area contributed by atoms with Gasteiger partial charge < -0.3 is 19.6 Å². The normalized spacial score (nSPS) is 16.6. The third-order valence-corrected chi connectivity index (χ3v) is 6.13. The molecule has 152 valence electrons. The molecule has 0 bridgehead atoms. The maximum absolute atomic E-state index is 12.4. The molecule has 1 aliphatic heterocycles. The first-order chi connectivity index (χ1) is 13.6. The molecule has 0 spiro atoms. The molecule has 3 aromatic rings. The molecular formula is C20H21N3O5S. The average Bonchev–Trinajstić information content (AvgIpc) is 3.12. The number of rotatable bonds is 3. The van der Waals surface area contributed by atoms with E-state index in [9.17, 15) is 18.0 Å². The van der Waals surface area contributed by atoms with Crippen LogP contribution in [-0.4, -0.2) is 36.2 Å². The van der Waals surface area contributed by atoms with Crippen LogP contribution in [0.1, 0.15) is 13.8 Å². The summed E-state index contributed by atoms with van der Waals surface area (Å²) < 4.78 is 32.0. The molecule has 4 rings (SSSR count). The highest BCUT2D eigenvalue weighted by atomic mass is 32.2. The second kappa shape index (κ2) is 6.48. The van der Waals surface area contributed by atoms with Crippen LogP contribution in [0, 0.1) is 5.92 Å². The minimum atomic E-state index is -3.56. The first-order valence-electron chi connectivity index (χ1n) is 9.10. The molecule has 3 heterocycles. The summed E-state index contributed by atoms with van der Waals surface area (Å²) >= 11 is 0. The van der Waals surface area contributed by atoms with Crippen LogP contribution < -0.4 is 15.6 Å². The number of sulfone groups is 1. The quantitative estimate of drug-likeness (QED) is 0.682. The Labute approximate surface area is 167 Å². The van der Waals surface area contributed by atoms with E-state index in [1.54, 1.807) is 25.5 Å². The summed E-state index contributed by atoms with van der Waals surface area (Å²) in [6, 6.07) is 4.68. The molecule has 0 unspecified atom stereocenters. The van der Waals surface area contributed by atoms with Gasteiger partial charge in [0.25, 0.3) is 11.5 Å².